The van der Waals surface area contributed by atoms with Gasteiger partial charge in [-0.15, -0.1) is 0 Å². The van der Waals surface area contributed by atoms with Gasteiger partial charge in [-0.3, -0.25) is 0 Å². The lowest BCUT2D eigenvalue weighted by Crippen LogP contribution is -2.36. The fourth-order valence-corrected chi connectivity index (χ4v) is 2.03. The third-order valence-corrected chi connectivity index (χ3v) is 2.60. The minimum absolute atomic E-state index is 0.766. The van der Waals surface area contributed by atoms with Crippen molar-refractivity contribution in [2.24, 2.45) is 0 Å². The van der Waals surface area contributed by atoms with E-state index in [2.05, 4.69) is 11.4 Å². The Kier molecular flexibility index (Phi) is 1.76. The molecule has 1 atom stereocenters. The average molecular weight is 137 g/mol. The molecule has 0 saturated heterocycles. The molecule has 1 heterocycles. The largest absolute Gasteiger partial charge is 0.310 e. The van der Waals surface area contributed by atoms with Crippen molar-refractivity contribution in [1.82, 2.24) is 5.32 Å². The summed E-state index contributed by atoms with van der Waals surface area (Å²) in [5, 5.41) is 3.55. The second kappa shape index (κ2) is 2.75. The molecule has 0 radical (unpaired) electrons. The third-order valence-electron chi connectivity index (χ3n) is 2.60. The smallest absolute Gasteiger partial charge is 0.0279 e. The first-order valence-electron chi connectivity index (χ1n) is 4.39. The Labute approximate surface area is 62.5 Å². The summed E-state index contributed by atoms with van der Waals surface area (Å²) in [6.07, 6.45) is 9.29. The lowest BCUT2D eigenvalue weighted by atomic mass is 9.87. The Morgan fingerprint density at radius 3 is 3.30 bits per heavy atom. The Morgan fingerprint density at radius 1 is 1.40 bits per heavy atom. The highest BCUT2D eigenvalue weighted by Crippen LogP contribution is 2.25. The van der Waals surface area contributed by atoms with Gasteiger partial charge >= 0.3 is 0 Å². The lowest BCUT2D eigenvalue weighted by Gasteiger charge is -2.29. The Hall–Kier alpha value is -0.300. The van der Waals surface area contributed by atoms with E-state index in [9.17, 15) is 0 Å². The molecule has 0 aromatic rings. The number of fused-ring (bicyclic) bond motifs is 1. The zero-order chi connectivity index (χ0) is 6.81. The molecule has 2 aliphatic rings. The zero-order valence-corrected chi connectivity index (χ0v) is 6.40. The van der Waals surface area contributed by atoms with E-state index in [1.54, 1.807) is 5.57 Å². The summed E-state index contributed by atoms with van der Waals surface area (Å²) in [6, 6.07) is 0.766. The first-order valence-corrected chi connectivity index (χ1v) is 4.39. The average Bonchev–Trinajstić information content (AvgIpc) is 2.05. The van der Waals surface area contributed by atoms with Crippen LogP contribution in [0.3, 0.4) is 0 Å². The predicted molar refractivity (Wildman–Crippen MR) is 43.0 cm³/mol. The Balaban J connectivity index is 2.08. The van der Waals surface area contributed by atoms with Crippen molar-refractivity contribution >= 4 is 0 Å². The Bertz CT molecular complexity index is 149. The predicted octanol–water partition coefficient (Wildman–Crippen LogP) is 1.85. The molecule has 0 aromatic heterocycles. The van der Waals surface area contributed by atoms with Crippen LogP contribution in [0, 0.1) is 0 Å². The van der Waals surface area contributed by atoms with Crippen LogP contribution in [-0.4, -0.2) is 12.6 Å². The fourth-order valence-electron chi connectivity index (χ4n) is 2.03. The highest BCUT2D eigenvalue weighted by atomic mass is 14.9. The van der Waals surface area contributed by atoms with Gasteiger partial charge in [0.15, 0.2) is 0 Å². The van der Waals surface area contributed by atoms with Crippen molar-refractivity contribution in [3.8, 4) is 0 Å². The lowest BCUT2D eigenvalue weighted by molar-refractivity contribution is 0.439. The fraction of sp³-hybridized carbons (Fsp3) is 0.778. The highest BCUT2D eigenvalue weighted by molar-refractivity contribution is 5.15. The van der Waals surface area contributed by atoms with Crippen LogP contribution in [0.1, 0.15) is 32.1 Å². The molecule has 1 saturated carbocycles. The normalized spacial score (nSPS) is 32.8. The van der Waals surface area contributed by atoms with Crippen LogP contribution in [0.2, 0.25) is 0 Å². The second-order valence-corrected chi connectivity index (χ2v) is 3.32. The summed E-state index contributed by atoms with van der Waals surface area (Å²) >= 11 is 0. The molecule has 1 nitrogen and oxygen atoms in total. The van der Waals surface area contributed by atoms with Gasteiger partial charge in [-0.05, 0) is 32.2 Å². The molecule has 0 bridgehead atoms. The first kappa shape index (κ1) is 6.41. The molecule has 2 rings (SSSR count). The van der Waals surface area contributed by atoms with Gasteiger partial charge in [-0.2, -0.15) is 0 Å². The van der Waals surface area contributed by atoms with Crippen LogP contribution < -0.4 is 5.32 Å². The first-order chi connectivity index (χ1) is 4.97. The summed E-state index contributed by atoms with van der Waals surface area (Å²) in [4.78, 5) is 0. The molecule has 1 fully saturated rings. The van der Waals surface area contributed by atoms with E-state index in [0.29, 0.717) is 0 Å². The van der Waals surface area contributed by atoms with Gasteiger partial charge in [0.25, 0.3) is 0 Å². The summed E-state index contributed by atoms with van der Waals surface area (Å²) in [5.74, 6) is 0. The van der Waals surface area contributed by atoms with Crippen LogP contribution in [-0.2, 0) is 0 Å². The van der Waals surface area contributed by atoms with Crippen LogP contribution in [0.5, 0.6) is 0 Å². The quantitative estimate of drug-likeness (QED) is 0.502. The minimum atomic E-state index is 0.766. The van der Waals surface area contributed by atoms with E-state index in [-0.39, 0.29) is 0 Å². The monoisotopic (exact) mass is 137 g/mol. The van der Waals surface area contributed by atoms with E-state index >= 15 is 0 Å². The van der Waals surface area contributed by atoms with Crippen LogP contribution in [0.4, 0.5) is 0 Å². The van der Waals surface area contributed by atoms with Gasteiger partial charge in [-0.1, -0.05) is 18.1 Å². The SMILES string of the molecule is C1=C2CCCCC2NCC1. The maximum absolute atomic E-state index is 3.55. The van der Waals surface area contributed by atoms with Gasteiger partial charge in [0.1, 0.15) is 0 Å². The topological polar surface area (TPSA) is 12.0 Å². The van der Waals surface area contributed by atoms with Gasteiger partial charge < -0.3 is 5.32 Å². The van der Waals surface area contributed by atoms with E-state index in [1.807, 2.05) is 0 Å². The molecule has 1 unspecified atom stereocenters. The van der Waals surface area contributed by atoms with Crippen molar-refractivity contribution in [3.63, 3.8) is 0 Å². The molecule has 0 amide bonds. The number of nitrogens with one attached hydrogen (secondary N) is 1. The standard InChI is InChI=1S/C9H15N/c1-2-6-9-8(4-1)5-3-7-10-9/h5,9-10H,1-4,6-7H2. The van der Waals surface area contributed by atoms with E-state index in [0.717, 1.165) is 6.04 Å². The maximum Gasteiger partial charge on any atom is 0.0279 e. The number of hydrogen-bond acceptors (Lipinski definition) is 1. The summed E-state index contributed by atoms with van der Waals surface area (Å²) in [5.41, 5.74) is 1.69. The van der Waals surface area contributed by atoms with Crippen LogP contribution in [0.25, 0.3) is 0 Å². The van der Waals surface area contributed by atoms with Crippen molar-refractivity contribution < 1.29 is 0 Å². The molecular formula is C9H15N. The van der Waals surface area contributed by atoms with Crippen molar-refractivity contribution in [3.05, 3.63) is 11.6 Å². The van der Waals surface area contributed by atoms with Crippen molar-refractivity contribution in [2.75, 3.05) is 6.54 Å². The van der Waals surface area contributed by atoms with E-state index in [4.69, 9.17) is 0 Å². The number of hydrogen-bond donors (Lipinski definition) is 1. The molecule has 1 heteroatoms. The summed E-state index contributed by atoms with van der Waals surface area (Å²) < 4.78 is 0. The Morgan fingerprint density at radius 2 is 2.40 bits per heavy atom. The van der Waals surface area contributed by atoms with Crippen LogP contribution >= 0.6 is 0 Å². The third kappa shape index (κ3) is 1.10. The second-order valence-electron chi connectivity index (χ2n) is 3.32. The molecule has 56 valence electrons. The van der Waals surface area contributed by atoms with Crippen LogP contribution in [0.15, 0.2) is 11.6 Å². The minimum Gasteiger partial charge on any atom is -0.310 e. The maximum atomic E-state index is 3.55. The summed E-state index contributed by atoms with van der Waals surface area (Å²) in [6.45, 7) is 1.20. The zero-order valence-electron chi connectivity index (χ0n) is 6.40. The number of rotatable bonds is 0. The van der Waals surface area contributed by atoms with Gasteiger partial charge in [0, 0.05) is 6.04 Å². The molecule has 10 heavy (non-hydrogen) atoms. The van der Waals surface area contributed by atoms with Gasteiger partial charge in [0.2, 0.25) is 0 Å². The molecule has 1 aliphatic heterocycles. The van der Waals surface area contributed by atoms with Crippen molar-refractivity contribution in [1.29, 1.82) is 0 Å². The van der Waals surface area contributed by atoms with E-state index in [1.165, 1.54) is 38.6 Å². The molecule has 1 N–H and O–H groups in total. The van der Waals surface area contributed by atoms with E-state index < -0.39 is 0 Å². The molecular weight excluding hydrogens is 122 g/mol. The highest BCUT2D eigenvalue weighted by Gasteiger charge is 2.19. The van der Waals surface area contributed by atoms with Gasteiger partial charge in [0.05, 0.1) is 0 Å². The summed E-state index contributed by atoms with van der Waals surface area (Å²) in [7, 11) is 0. The molecule has 1 aliphatic carbocycles. The molecule has 0 aromatic carbocycles. The van der Waals surface area contributed by atoms with Crippen molar-refractivity contribution in [2.45, 2.75) is 38.1 Å². The molecule has 0 spiro atoms. The van der Waals surface area contributed by atoms with Gasteiger partial charge in [-0.25, -0.2) is 0 Å².